The standard InChI is InChI=1S/C6H12O8S/c7-1-4(14-15(10,11)12)6-5(9)3(8)2-13-6/h3-9H,1-2H2,(H,10,11,12)/t3-,4+,5+,6+/m0/s1. The Balaban J connectivity index is 2.67. The van der Waals surface area contributed by atoms with Crippen LogP contribution in [0, 0.1) is 0 Å². The molecule has 0 amide bonds. The molecule has 1 fully saturated rings. The van der Waals surface area contributed by atoms with E-state index in [0.29, 0.717) is 0 Å². The van der Waals surface area contributed by atoms with E-state index >= 15 is 0 Å². The zero-order valence-electron chi connectivity index (χ0n) is 7.55. The van der Waals surface area contributed by atoms with Crippen molar-refractivity contribution in [2.45, 2.75) is 24.4 Å². The van der Waals surface area contributed by atoms with Crippen molar-refractivity contribution in [3.05, 3.63) is 0 Å². The number of ether oxygens (including phenoxy) is 1. The summed E-state index contributed by atoms with van der Waals surface area (Å²) in [6, 6.07) is 0. The molecule has 0 bridgehead atoms. The summed E-state index contributed by atoms with van der Waals surface area (Å²) in [6.45, 7) is -0.981. The van der Waals surface area contributed by atoms with Crippen molar-refractivity contribution in [3.8, 4) is 0 Å². The van der Waals surface area contributed by atoms with Crippen LogP contribution in [-0.2, 0) is 19.3 Å². The number of aliphatic hydroxyl groups is 3. The summed E-state index contributed by atoms with van der Waals surface area (Å²) in [5.41, 5.74) is 0. The summed E-state index contributed by atoms with van der Waals surface area (Å²) in [4.78, 5) is 0. The maximum atomic E-state index is 10.4. The van der Waals surface area contributed by atoms with Gasteiger partial charge in [0.05, 0.1) is 13.2 Å². The second-order valence-electron chi connectivity index (χ2n) is 3.10. The normalized spacial score (nSPS) is 34.3. The van der Waals surface area contributed by atoms with Crippen LogP contribution in [0.1, 0.15) is 0 Å². The molecule has 0 aromatic heterocycles. The van der Waals surface area contributed by atoms with Crippen LogP contribution in [0.4, 0.5) is 0 Å². The summed E-state index contributed by atoms with van der Waals surface area (Å²) >= 11 is 0. The zero-order chi connectivity index (χ0) is 11.6. The summed E-state index contributed by atoms with van der Waals surface area (Å²) in [6.07, 6.45) is -5.20. The minimum Gasteiger partial charge on any atom is -0.394 e. The van der Waals surface area contributed by atoms with Gasteiger partial charge in [-0.15, -0.1) is 0 Å². The first-order valence-corrected chi connectivity index (χ1v) is 5.46. The van der Waals surface area contributed by atoms with E-state index in [-0.39, 0.29) is 6.61 Å². The average Bonchev–Trinajstić information content (AvgIpc) is 2.43. The highest BCUT2D eigenvalue weighted by atomic mass is 32.3. The topological polar surface area (TPSA) is 134 Å². The molecule has 1 aliphatic heterocycles. The molecule has 0 spiro atoms. The first-order valence-electron chi connectivity index (χ1n) is 4.09. The van der Waals surface area contributed by atoms with E-state index in [9.17, 15) is 13.5 Å². The van der Waals surface area contributed by atoms with Gasteiger partial charge in [-0.3, -0.25) is 4.55 Å². The molecule has 9 heteroatoms. The predicted octanol–water partition coefficient (Wildman–Crippen LogP) is -2.71. The fourth-order valence-electron chi connectivity index (χ4n) is 1.30. The second kappa shape index (κ2) is 4.70. The van der Waals surface area contributed by atoms with Gasteiger partial charge in [0, 0.05) is 0 Å². The van der Waals surface area contributed by atoms with Crippen molar-refractivity contribution in [1.82, 2.24) is 0 Å². The second-order valence-corrected chi connectivity index (χ2v) is 4.15. The van der Waals surface area contributed by atoms with E-state index in [1.165, 1.54) is 0 Å². The smallest absolute Gasteiger partial charge is 0.394 e. The number of rotatable bonds is 4. The molecule has 0 aromatic carbocycles. The zero-order valence-corrected chi connectivity index (χ0v) is 8.37. The van der Waals surface area contributed by atoms with Gasteiger partial charge in [-0.1, -0.05) is 0 Å². The Hall–Kier alpha value is -0.290. The monoisotopic (exact) mass is 244 g/mol. The minimum absolute atomic E-state index is 0.197. The third kappa shape index (κ3) is 3.34. The lowest BCUT2D eigenvalue weighted by molar-refractivity contribution is -0.0585. The molecular formula is C6H12O8S. The lowest BCUT2D eigenvalue weighted by Crippen LogP contribution is -2.42. The van der Waals surface area contributed by atoms with Crippen molar-refractivity contribution < 1.29 is 37.2 Å². The molecule has 90 valence electrons. The van der Waals surface area contributed by atoms with Gasteiger partial charge in [0.1, 0.15) is 24.4 Å². The van der Waals surface area contributed by atoms with Gasteiger partial charge in [-0.25, -0.2) is 4.18 Å². The quantitative estimate of drug-likeness (QED) is 0.392. The number of hydrogen-bond acceptors (Lipinski definition) is 7. The SMILES string of the molecule is O=S(=O)(O)O[C@H](CO)[C@H]1OC[C@H](O)[C@H]1O. The lowest BCUT2D eigenvalue weighted by atomic mass is 10.1. The Morgan fingerprint density at radius 2 is 2.07 bits per heavy atom. The highest BCUT2D eigenvalue weighted by Gasteiger charge is 2.41. The third-order valence-electron chi connectivity index (χ3n) is 1.98. The molecule has 1 rings (SSSR count). The Kier molecular flexibility index (Phi) is 4.00. The van der Waals surface area contributed by atoms with Gasteiger partial charge in [0.2, 0.25) is 0 Å². The molecule has 0 aliphatic carbocycles. The Bertz CT molecular complexity index is 300. The van der Waals surface area contributed by atoms with E-state index in [4.69, 9.17) is 19.5 Å². The Morgan fingerprint density at radius 3 is 2.40 bits per heavy atom. The molecule has 4 atom stereocenters. The summed E-state index contributed by atoms with van der Waals surface area (Å²) in [5.74, 6) is 0. The largest absolute Gasteiger partial charge is 0.397 e. The Labute approximate surface area is 86.0 Å². The van der Waals surface area contributed by atoms with Gasteiger partial charge in [-0.2, -0.15) is 8.42 Å². The molecule has 15 heavy (non-hydrogen) atoms. The van der Waals surface area contributed by atoms with Crippen LogP contribution >= 0.6 is 0 Å². The first-order chi connectivity index (χ1) is 6.85. The molecule has 0 saturated carbocycles. The summed E-state index contributed by atoms with van der Waals surface area (Å²) in [7, 11) is -4.75. The highest BCUT2D eigenvalue weighted by molar-refractivity contribution is 7.80. The highest BCUT2D eigenvalue weighted by Crippen LogP contribution is 2.20. The van der Waals surface area contributed by atoms with Crippen molar-refractivity contribution in [3.63, 3.8) is 0 Å². The third-order valence-corrected chi connectivity index (χ3v) is 2.47. The maximum absolute atomic E-state index is 10.4. The molecule has 4 N–H and O–H groups in total. The van der Waals surface area contributed by atoms with E-state index < -0.39 is 41.4 Å². The molecule has 1 saturated heterocycles. The molecule has 8 nitrogen and oxygen atoms in total. The van der Waals surface area contributed by atoms with Crippen LogP contribution in [0.15, 0.2) is 0 Å². The average molecular weight is 244 g/mol. The van der Waals surface area contributed by atoms with Crippen LogP contribution in [0.2, 0.25) is 0 Å². The van der Waals surface area contributed by atoms with Gasteiger partial charge in [0.25, 0.3) is 0 Å². The summed E-state index contributed by atoms with van der Waals surface area (Å²) < 4.78 is 38.0. The van der Waals surface area contributed by atoms with Crippen molar-refractivity contribution in [1.29, 1.82) is 0 Å². The van der Waals surface area contributed by atoms with Crippen LogP contribution in [0.25, 0.3) is 0 Å². The van der Waals surface area contributed by atoms with Crippen LogP contribution < -0.4 is 0 Å². The van der Waals surface area contributed by atoms with Gasteiger partial charge in [0.15, 0.2) is 0 Å². The molecule has 1 aliphatic rings. The molecule has 0 unspecified atom stereocenters. The fourth-order valence-corrected chi connectivity index (χ4v) is 1.78. The maximum Gasteiger partial charge on any atom is 0.397 e. The fraction of sp³-hybridized carbons (Fsp3) is 1.00. The predicted molar refractivity (Wildman–Crippen MR) is 45.3 cm³/mol. The van der Waals surface area contributed by atoms with E-state index in [2.05, 4.69) is 4.18 Å². The van der Waals surface area contributed by atoms with Gasteiger partial charge < -0.3 is 20.1 Å². The van der Waals surface area contributed by atoms with Crippen LogP contribution in [0.3, 0.4) is 0 Å². The van der Waals surface area contributed by atoms with E-state index in [1.54, 1.807) is 0 Å². The molecular weight excluding hydrogens is 232 g/mol. The van der Waals surface area contributed by atoms with E-state index in [1.807, 2.05) is 0 Å². The van der Waals surface area contributed by atoms with Gasteiger partial charge in [-0.05, 0) is 0 Å². The molecule has 0 radical (unpaired) electrons. The Morgan fingerprint density at radius 1 is 1.47 bits per heavy atom. The number of aliphatic hydroxyl groups excluding tert-OH is 3. The number of hydrogen-bond donors (Lipinski definition) is 4. The van der Waals surface area contributed by atoms with Crippen LogP contribution in [-0.4, -0.2) is 65.9 Å². The minimum atomic E-state index is -4.75. The van der Waals surface area contributed by atoms with Crippen molar-refractivity contribution >= 4 is 10.4 Å². The van der Waals surface area contributed by atoms with Crippen molar-refractivity contribution in [2.24, 2.45) is 0 Å². The molecule has 0 aromatic rings. The van der Waals surface area contributed by atoms with Crippen molar-refractivity contribution in [2.75, 3.05) is 13.2 Å². The summed E-state index contributed by atoms with van der Waals surface area (Å²) in [5, 5.41) is 27.2. The van der Waals surface area contributed by atoms with Crippen LogP contribution in [0.5, 0.6) is 0 Å². The van der Waals surface area contributed by atoms with E-state index in [0.717, 1.165) is 0 Å². The molecule has 1 heterocycles. The first kappa shape index (κ1) is 12.8. The lowest BCUT2D eigenvalue weighted by Gasteiger charge is -2.22. The van der Waals surface area contributed by atoms with Gasteiger partial charge >= 0.3 is 10.4 Å².